The van der Waals surface area contributed by atoms with Crippen LogP contribution < -0.4 is 4.90 Å². The van der Waals surface area contributed by atoms with Crippen LogP contribution >= 0.6 is 27.3 Å². The van der Waals surface area contributed by atoms with Crippen LogP contribution in [0.3, 0.4) is 0 Å². The number of anilines is 1. The normalized spacial score (nSPS) is 15.3. The number of piperazine rings is 1. The summed E-state index contributed by atoms with van der Waals surface area (Å²) >= 11 is 5.06. The second-order valence-electron chi connectivity index (χ2n) is 4.99. The van der Waals surface area contributed by atoms with E-state index >= 15 is 0 Å². The van der Waals surface area contributed by atoms with Crippen LogP contribution in [0.4, 0.5) is 5.13 Å². The van der Waals surface area contributed by atoms with Crippen LogP contribution in [0.5, 0.6) is 0 Å². The zero-order chi connectivity index (χ0) is 14.7. The summed E-state index contributed by atoms with van der Waals surface area (Å²) in [6.45, 7) is 3.27. The minimum atomic E-state index is 0.205. The van der Waals surface area contributed by atoms with Gasteiger partial charge in [-0.25, -0.2) is 4.98 Å². The molecule has 0 bridgehead atoms. The van der Waals surface area contributed by atoms with Crippen LogP contribution in [-0.4, -0.2) is 42.0 Å². The minimum absolute atomic E-state index is 0.205. The van der Waals surface area contributed by atoms with Crippen LogP contribution in [0, 0.1) is 0 Å². The Morgan fingerprint density at radius 2 is 1.90 bits per heavy atom. The highest BCUT2D eigenvalue weighted by Gasteiger charge is 2.22. The topological polar surface area (TPSA) is 36.4 Å². The van der Waals surface area contributed by atoms with Crippen molar-refractivity contribution in [3.05, 3.63) is 45.9 Å². The molecule has 0 radical (unpaired) electrons. The highest BCUT2D eigenvalue weighted by molar-refractivity contribution is 9.10. The quantitative estimate of drug-likeness (QED) is 0.838. The molecule has 0 aliphatic carbocycles. The number of nitrogens with zero attached hydrogens (tertiary/aromatic N) is 3. The van der Waals surface area contributed by atoms with Crippen molar-refractivity contribution in [3.63, 3.8) is 0 Å². The lowest BCUT2D eigenvalue weighted by atomic mass is 10.1. The summed E-state index contributed by atoms with van der Waals surface area (Å²) in [7, 11) is 0. The zero-order valence-electron chi connectivity index (χ0n) is 11.5. The molecular weight excluding hydrogens is 350 g/mol. The van der Waals surface area contributed by atoms with Gasteiger partial charge in [0.1, 0.15) is 0 Å². The molecule has 1 fully saturated rings. The Hall–Kier alpha value is -1.40. The van der Waals surface area contributed by atoms with Gasteiger partial charge >= 0.3 is 0 Å². The second-order valence-corrected chi connectivity index (χ2v) is 6.77. The van der Waals surface area contributed by atoms with Gasteiger partial charge in [-0.05, 0) is 17.7 Å². The summed E-state index contributed by atoms with van der Waals surface area (Å²) in [5.74, 6) is 0.205. The van der Waals surface area contributed by atoms with Crippen molar-refractivity contribution < 1.29 is 4.79 Å². The molecule has 1 aliphatic rings. The van der Waals surface area contributed by atoms with Crippen LogP contribution in [0.2, 0.25) is 0 Å². The van der Waals surface area contributed by atoms with Gasteiger partial charge in [0.15, 0.2) is 5.13 Å². The molecule has 0 unspecified atom stereocenters. The Balaban J connectivity index is 1.54. The Morgan fingerprint density at radius 3 is 2.52 bits per heavy atom. The summed E-state index contributed by atoms with van der Waals surface area (Å²) in [6, 6.07) is 7.94. The minimum Gasteiger partial charge on any atom is -0.345 e. The van der Waals surface area contributed by atoms with E-state index in [4.69, 9.17) is 0 Å². The fraction of sp³-hybridized carbons (Fsp3) is 0.333. The first-order valence-corrected chi connectivity index (χ1v) is 8.56. The lowest BCUT2D eigenvalue weighted by molar-refractivity contribution is -0.130. The monoisotopic (exact) mass is 365 g/mol. The van der Waals surface area contributed by atoms with Gasteiger partial charge in [0.2, 0.25) is 5.91 Å². The largest absolute Gasteiger partial charge is 0.345 e. The summed E-state index contributed by atoms with van der Waals surface area (Å²) in [5.41, 5.74) is 1.06. The van der Waals surface area contributed by atoms with E-state index in [0.717, 1.165) is 41.3 Å². The van der Waals surface area contributed by atoms with Crippen molar-refractivity contribution in [1.29, 1.82) is 0 Å². The standard InChI is InChI=1S/C15H16BrN3OS/c16-13-3-1-12(2-4-13)11-14(20)18-6-8-19(9-7-18)15-17-5-10-21-15/h1-5,10H,6-9,11H2. The Bertz CT molecular complexity index is 592. The maximum absolute atomic E-state index is 12.3. The number of hydrogen-bond acceptors (Lipinski definition) is 4. The smallest absolute Gasteiger partial charge is 0.227 e. The lowest BCUT2D eigenvalue weighted by Crippen LogP contribution is -2.49. The Labute approximate surface area is 136 Å². The third-order valence-electron chi connectivity index (χ3n) is 3.59. The molecule has 0 atom stereocenters. The highest BCUT2D eigenvalue weighted by atomic mass is 79.9. The van der Waals surface area contributed by atoms with Gasteiger partial charge in [0.05, 0.1) is 6.42 Å². The molecule has 1 aliphatic heterocycles. The third kappa shape index (κ3) is 3.63. The fourth-order valence-electron chi connectivity index (χ4n) is 2.41. The van der Waals surface area contributed by atoms with E-state index in [2.05, 4.69) is 25.8 Å². The first-order valence-electron chi connectivity index (χ1n) is 6.89. The van der Waals surface area contributed by atoms with Gasteiger partial charge in [0.25, 0.3) is 0 Å². The number of thiazole rings is 1. The Morgan fingerprint density at radius 1 is 1.19 bits per heavy atom. The SMILES string of the molecule is O=C(Cc1ccc(Br)cc1)N1CCN(c2nccs2)CC1. The molecule has 3 rings (SSSR count). The van der Waals surface area contributed by atoms with E-state index in [-0.39, 0.29) is 5.91 Å². The van der Waals surface area contributed by atoms with Crippen molar-refractivity contribution in [2.75, 3.05) is 31.1 Å². The van der Waals surface area contributed by atoms with Crippen molar-refractivity contribution in [3.8, 4) is 0 Å². The van der Waals surface area contributed by atoms with Gasteiger partial charge in [-0.1, -0.05) is 28.1 Å². The second kappa shape index (κ2) is 6.58. The van der Waals surface area contributed by atoms with Crippen molar-refractivity contribution in [2.45, 2.75) is 6.42 Å². The predicted molar refractivity (Wildman–Crippen MR) is 88.8 cm³/mol. The predicted octanol–water partition coefficient (Wildman–Crippen LogP) is 2.80. The molecule has 1 aromatic carbocycles. The van der Waals surface area contributed by atoms with Crippen molar-refractivity contribution >= 4 is 38.3 Å². The van der Waals surface area contributed by atoms with Gasteiger partial charge in [-0.3, -0.25) is 4.79 Å². The van der Waals surface area contributed by atoms with Gasteiger partial charge in [0, 0.05) is 42.2 Å². The molecule has 0 N–H and O–H groups in total. The van der Waals surface area contributed by atoms with E-state index in [0.29, 0.717) is 6.42 Å². The number of benzene rings is 1. The molecular formula is C15H16BrN3OS. The zero-order valence-corrected chi connectivity index (χ0v) is 13.9. The highest BCUT2D eigenvalue weighted by Crippen LogP contribution is 2.19. The molecule has 0 spiro atoms. The number of hydrogen-bond donors (Lipinski definition) is 0. The third-order valence-corrected chi connectivity index (χ3v) is 4.95. The number of halogens is 1. The average molecular weight is 366 g/mol. The molecule has 6 heteroatoms. The molecule has 1 amide bonds. The summed E-state index contributed by atoms with van der Waals surface area (Å²) in [6.07, 6.45) is 2.30. The fourth-order valence-corrected chi connectivity index (χ4v) is 3.37. The van der Waals surface area contributed by atoms with Crippen molar-refractivity contribution in [2.24, 2.45) is 0 Å². The average Bonchev–Trinajstić information content (AvgIpc) is 3.04. The van der Waals surface area contributed by atoms with Crippen LogP contribution in [0.15, 0.2) is 40.3 Å². The van der Waals surface area contributed by atoms with Crippen LogP contribution in [0.25, 0.3) is 0 Å². The van der Waals surface area contributed by atoms with Gasteiger partial charge in [-0.15, -0.1) is 11.3 Å². The van der Waals surface area contributed by atoms with Gasteiger partial charge in [-0.2, -0.15) is 0 Å². The molecule has 2 aromatic rings. The number of carbonyl (C=O) groups excluding carboxylic acids is 1. The van der Waals surface area contributed by atoms with E-state index in [1.807, 2.05) is 40.7 Å². The molecule has 21 heavy (non-hydrogen) atoms. The molecule has 110 valence electrons. The maximum atomic E-state index is 12.3. The van der Waals surface area contributed by atoms with Crippen LogP contribution in [0.1, 0.15) is 5.56 Å². The first kappa shape index (κ1) is 14.5. The number of rotatable bonds is 3. The molecule has 0 saturated carbocycles. The maximum Gasteiger partial charge on any atom is 0.227 e. The first-order chi connectivity index (χ1) is 10.2. The van der Waals surface area contributed by atoms with E-state index in [1.165, 1.54) is 0 Å². The van der Waals surface area contributed by atoms with Crippen LogP contribution in [-0.2, 0) is 11.2 Å². The van der Waals surface area contributed by atoms with E-state index in [1.54, 1.807) is 11.3 Å². The summed E-state index contributed by atoms with van der Waals surface area (Å²) in [4.78, 5) is 20.8. The summed E-state index contributed by atoms with van der Waals surface area (Å²) < 4.78 is 1.04. The number of amides is 1. The Kier molecular flexibility index (Phi) is 4.55. The molecule has 4 nitrogen and oxygen atoms in total. The van der Waals surface area contributed by atoms with E-state index < -0.39 is 0 Å². The molecule has 2 heterocycles. The van der Waals surface area contributed by atoms with Gasteiger partial charge < -0.3 is 9.80 Å². The molecule has 1 saturated heterocycles. The van der Waals surface area contributed by atoms with E-state index in [9.17, 15) is 4.79 Å². The number of carbonyl (C=O) groups is 1. The lowest BCUT2D eigenvalue weighted by Gasteiger charge is -2.34. The molecule has 1 aromatic heterocycles. The number of aromatic nitrogens is 1. The van der Waals surface area contributed by atoms with Crippen molar-refractivity contribution in [1.82, 2.24) is 9.88 Å². The summed E-state index contributed by atoms with van der Waals surface area (Å²) in [5, 5.41) is 3.04.